The lowest BCUT2D eigenvalue weighted by atomic mass is 9.81. The molecule has 0 amide bonds. The van der Waals surface area contributed by atoms with Crippen LogP contribution in [0.1, 0.15) is 56.1 Å². The maximum atomic E-state index is 6.05. The summed E-state index contributed by atoms with van der Waals surface area (Å²) in [6, 6.07) is 7.42. The lowest BCUT2D eigenvalue weighted by Crippen LogP contribution is -2.28. The highest BCUT2D eigenvalue weighted by Gasteiger charge is 2.30. The molecule has 1 aliphatic carbocycles. The molecule has 0 aromatic heterocycles. The van der Waals surface area contributed by atoms with Crippen LogP contribution in [0.25, 0.3) is 0 Å². The Morgan fingerprint density at radius 3 is 2.92 bits per heavy atom. The summed E-state index contributed by atoms with van der Waals surface area (Å²) in [5, 5.41) is 0. The Balaban J connectivity index is 1.38. The summed E-state index contributed by atoms with van der Waals surface area (Å²) in [6.45, 7) is 4.55. The summed E-state index contributed by atoms with van der Waals surface area (Å²) in [4.78, 5) is 6.42. The van der Waals surface area contributed by atoms with Crippen molar-refractivity contribution in [3.63, 3.8) is 0 Å². The van der Waals surface area contributed by atoms with Crippen LogP contribution in [0.2, 0.25) is 0 Å². The largest absolute Gasteiger partial charge is 0.490 e. The summed E-state index contributed by atoms with van der Waals surface area (Å²) in [5.74, 6) is 1.71. The number of amidine groups is 1. The van der Waals surface area contributed by atoms with Crippen LogP contribution in [0.15, 0.2) is 35.5 Å². The summed E-state index contributed by atoms with van der Waals surface area (Å²) in [7, 11) is 0. The molecule has 3 aliphatic rings. The van der Waals surface area contributed by atoms with Crippen LogP contribution >= 0.6 is 0 Å². The van der Waals surface area contributed by atoms with Crippen molar-refractivity contribution in [1.29, 1.82) is 0 Å². The highest BCUT2D eigenvalue weighted by molar-refractivity contribution is 5.77. The summed E-state index contributed by atoms with van der Waals surface area (Å²) >= 11 is 0. The minimum absolute atomic E-state index is 0.0572. The smallest absolute Gasteiger partial charge is 0.292 e. The molecular formula is C21H28N2O2. The summed E-state index contributed by atoms with van der Waals surface area (Å²) < 4.78 is 11.9. The predicted molar refractivity (Wildman–Crippen MR) is 100 cm³/mol. The number of benzene rings is 1. The van der Waals surface area contributed by atoms with E-state index in [1.807, 2.05) is 12.3 Å². The van der Waals surface area contributed by atoms with E-state index in [2.05, 4.69) is 35.0 Å². The third-order valence-corrected chi connectivity index (χ3v) is 5.56. The Bertz CT molecular complexity index is 662. The number of aryl methyl sites for hydroxylation is 1. The fourth-order valence-electron chi connectivity index (χ4n) is 4.21. The topological polar surface area (TPSA) is 34.1 Å². The molecule has 2 heterocycles. The van der Waals surface area contributed by atoms with Gasteiger partial charge in [0.2, 0.25) is 0 Å². The maximum Gasteiger partial charge on any atom is 0.292 e. The van der Waals surface area contributed by atoms with Crippen molar-refractivity contribution in [1.82, 2.24) is 4.90 Å². The second-order valence-corrected chi connectivity index (χ2v) is 7.30. The molecule has 1 saturated carbocycles. The molecule has 1 aromatic carbocycles. The van der Waals surface area contributed by atoms with Crippen LogP contribution in [-0.4, -0.2) is 36.7 Å². The van der Waals surface area contributed by atoms with Crippen molar-refractivity contribution in [2.75, 3.05) is 19.7 Å². The zero-order valence-corrected chi connectivity index (χ0v) is 15.1. The molecule has 4 rings (SSSR count). The van der Waals surface area contributed by atoms with Gasteiger partial charge in [0.25, 0.3) is 6.02 Å². The van der Waals surface area contributed by atoms with Crippen molar-refractivity contribution in [3.8, 4) is 5.75 Å². The Kier molecular flexibility index (Phi) is 4.95. The molecule has 2 aliphatic heterocycles. The second-order valence-electron chi connectivity index (χ2n) is 7.30. The Labute approximate surface area is 150 Å². The number of rotatable bonds is 5. The predicted octanol–water partition coefficient (Wildman–Crippen LogP) is 4.26. The molecule has 25 heavy (non-hydrogen) atoms. The van der Waals surface area contributed by atoms with E-state index in [1.54, 1.807) is 5.56 Å². The standard InChI is InChI=1S/C21H28N2O2/c1-2-16-13-18(9-10-20(16)17-7-4-3-5-8-17)24-15-19-14-23-12-6-11-22-21(23)25-19/h6,9-11,13,17,19H,2-5,7-8,12,14-15H2,1H3/t19-/m0/s1. The molecule has 1 atom stereocenters. The first-order chi connectivity index (χ1) is 12.3. The molecule has 0 radical (unpaired) electrons. The van der Waals surface area contributed by atoms with Crippen molar-refractivity contribution < 1.29 is 9.47 Å². The minimum atomic E-state index is 0.0572. The first-order valence-electron chi connectivity index (χ1n) is 9.73. The summed E-state index contributed by atoms with van der Waals surface area (Å²) in [6.07, 6.45) is 11.8. The van der Waals surface area contributed by atoms with Crippen LogP contribution in [0.5, 0.6) is 5.75 Å². The Hall–Kier alpha value is -1.97. The number of ether oxygens (including phenoxy) is 2. The zero-order valence-electron chi connectivity index (χ0n) is 15.1. The molecule has 134 valence electrons. The first kappa shape index (κ1) is 16.5. The molecule has 4 heteroatoms. The van der Waals surface area contributed by atoms with E-state index in [4.69, 9.17) is 9.47 Å². The van der Waals surface area contributed by atoms with Crippen molar-refractivity contribution in [2.24, 2.45) is 4.99 Å². The third kappa shape index (κ3) is 3.68. The second kappa shape index (κ2) is 7.51. The van der Waals surface area contributed by atoms with E-state index in [0.29, 0.717) is 6.61 Å². The van der Waals surface area contributed by atoms with Crippen LogP contribution in [0.4, 0.5) is 0 Å². The number of aliphatic imine (C=N–C) groups is 1. The molecule has 0 spiro atoms. The Morgan fingerprint density at radius 1 is 1.24 bits per heavy atom. The van der Waals surface area contributed by atoms with Gasteiger partial charge in [0.05, 0.1) is 6.54 Å². The summed E-state index contributed by atoms with van der Waals surface area (Å²) in [5.41, 5.74) is 2.99. The van der Waals surface area contributed by atoms with Crippen LogP contribution < -0.4 is 4.74 Å². The van der Waals surface area contributed by atoms with Gasteiger partial charge in [-0.1, -0.05) is 32.3 Å². The van der Waals surface area contributed by atoms with E-state index >= 15 is 0 Å². The molecule has 1 aromatic rings. The number of hydrogen-bond donors (Lipinski definition) is 0. The quantitative estimate of drug-likeness (QED) is 0.803. The number of nitrogens with zero attached hydrogens (tertiary/aromatic N) is 2. The average molecular weight is 340 g/mol. The molecule has 2 fully saturated rings. The van der Waals surface area contributed by atoms with Gasteiger partial charge in [-0.2, -0.15) is 0 Å². The van der Waals surface area contributed by atoms with E-state index < -0.39 is 0 Å². The molecule has 1 saturated heterocycles. The van der Waals surface area contributed by atoms with E-state index in [1.165, 1.54) is 37.7 Å². The molecule has 0 bridgehead atoms. The van der Waals surface area contributed by atoms with Crippen molar-refractivity contribution >= 4 is 6.02 Å². The van der Waals surface area contributed by atoms with Crippen LogP contribution in [0.3, 0.4) is 0 Å². The Morgan fingerprint density at radius 2 is 2.12 bits per heavy atom. The van der Waals surface area contributed by atoms with Gasteiger partial charge in [-0.15, -0.1) is 0 Å². The fraction of sp³-hybridized carbons (Fsp3) is 0.571. The van der Waals surface area contributed by atoms with E-state index in [0.717, 1.165) is 37.2 Å². The molecule has 0 unspecified atom stereocenters. The third-order valence-electron chi connectivity index (χ3n) is 5.56. The highest BCUT2D eigenvalue weighted by Crippen LogP contribution is 2.36. The SMILES string of the molecule is CCc1cc(OC[C@@H]2CN3CC=CN=C3O2)ccc1C1CCCCC1. The van der Waals surface area contributed by atoms with Gasteiger partial charge in [-0.05, 0) is 54.5 Å². The van der Waals surface area contributed by atoms with Crippen LogP contribution in [0, 0.1) is 0 Å². The fourth-order valence-corrected chi connectivity index (χ4v) is 4.21. The van der Waals surface area contributed by atoms with Gasteiger partial charge in [-0.3, -0.25) is 0 Å². The van der Waals surface area contributed by atoms with Crippen molar-refractivity contribution in [3.05, 3.63) is 41.6 Å². The van der Waals surface area contributed by atoms with E-state index in [-0.39, 0.29) is 6.10 Å². The normalized spacial score (nSPS) is 23.2. The van der Waals surface area contributed by atoms with Gasteiger partial charge in [-0.25, -0.2) is 4.99 Å². The van der Waals surface area contributed by atoms with Gasteiger partial charge in [0.15, 0.2) is 6.10 Å². The lowest BCUT2D eigenvalue weighted by Gasteiger charge is -2.24. The van der Waals surface area contributed by atoms with Gasteiger partial charge in [0, 0.05) is 12.7 Å². The van der Waals surface area contributed by atoms with Crippen molar-refractivity contribution in [2.45, 2.75) is 57.5 Å². The molecule has 4 nitrogen and oxygen atoms in total. The van der Waals surface area contributed by atoms with Gasteiger partial charge in [0.1, 0.15) is 12.4 Å². The van der Waals surface area contributed by atoms with E-state index in [9.17, 15) is 0 Å². The number of fused-ring (bicyclic) bond motifs is 1. The number of hydrogen-bond acceptors (Lipinski definition) is 4. The van der Waals surface area contributed by atoms with Crippen LogP contribution in [-0.2, 0) is 11.2 Å². The average Bonchev–Trinajstić information content (AvgIpc) is 3.10. The van der Waals surface area contributed by atoms with Gasteiger partial charge >= 0.3 is 0 Å². The van der Waals surface area contributed by atoms with Gasteiger partial charge < -0.3 is 14.4 Å². The highest BCUT2D eigenvalue weighted by atomic mass is 16.6. The minimum Gasteiger partial charge on any atom is -0.490 e. The maximum absolute atomic E-state index is 6.05. The molecular weight excluding hydrogens is 312 g/mol. The molecule has 0 N–H and O–H groups in total. The zero-order chi connectivity index (χ0) is 17.1. The first-order valence-corrected chi connectivity index (χ1v) is 9.73. The lowest BCUT2D eigenvalue weighted by molar-refractivity contribution is 0.146. The monoisotopic (exact) mass is 340 g/mol.